The molecule has 0 saturated carbocycles. The third-order valence-electron chi connectivity index (χ3n) is 6.00. The van der Waals surface area contributed by atoms with E-state index in [0.717, 1.165) is 37.4 Å². The summed E-state index contributed by atoms with van der Waals surface area (Å²) in [5, 5.41) is 2.99. The average Bonchev–Trinajstić information content (AvgIpc) is 3.29. The molecule has 2 aliphatic rings. The number of pyridine rings is 1. The number of benzene rings is 1. The van der Waals surface area contributed by atoms with Crippen LogP contribution in [-0.2, 0) is 0 Å². The highest BCUT2D eigenvalue weighted by Gasteiger charge is 2.22. The van der Waals surface area contributed by atoms with Crippen LogP contribution in [-0.4, -0.2) is 36.6 Å². The summed E-state index contributed by atoms with van der Waals surface area (Å²) >= 11 is 0. The molecule has 1 unspecified atom stereocenters. The van der Waals surface area contributed by atoms with Crippen LogP contribution in [0.5, 0.6) is 0 Å². The summed E-state index contributed by atoms with van der Waals surface area (Å²) in [5.74, 6) is -0.152. The Balaban J connectivity index is 1.44. The molecule has 0 spiro atoms. The lowest BCUT2D eigenvalue weighted by atomic mass is 9.99. The Morgan fingerprint density at radius 1 is 1.04 bits per heavy atom. The van der Waals surface area contributed by atoms with Gasteiger partial charge in [-0.15, -0.1) is 0 Å². The van der Waals surface area contributed by atoms with Gasteiger partial charge < -0.3 is 15.1 Å². The number of piperidine rings is 1. The van der Waals surface area contributed by atoms with Crippen LogP contribution in [0, 0.1) is 0 Å². The molecule has 2 aromatic rings. The largest absolute Gasteiger partial charge is 0.372 e. The van der Waals surface area contributed by atoms with Crippen LogP contribution >= 0.6 is 0 Å². The van der Waals surface area contributed by atoms with E-state index in [2.05, 4.69) is 39.2 Å². The first-order chi connectivity index (χ1) is 13.7. The van der Waals surface area contributed by atoms with Crippen molar-refractivity contribution in [3.63, 3.8) is 0 Å². The number of carbonyl (C=O) groups is 1. The zero-order chi connectivity index (χ0) is 19.3. The summed E-state index contributed by atoms with van der Waals surface area (Å²) in [7, 11) is 0. The Hall–Kier alpha value is -2.56. The molecule has 1 atom stereocenters. The number of amides is 1. The van der Waals surface area contributed by atoms with Gasteiger partial charge in [-0.05, 0) is 74.9 Å². The Morgan fingerprint density at radius 3 is 2.54 bits per heavy atom. The van der Waals surface area contributed by atoms with Crippen molar-refractivity contribution < 1.29 is 4.79 Å². The molecule has 2 aliphatic heterocycles. The molecule has 1 aromatic carbocycles. The van der Waals surface area contributed by atoms with Crippen molar-refractivity contribution in [3.8, 4) is 0 Å². The molecule has 2 fully saturated rings. The van der Waals surface area contributed by atoms with E-state index in [4.69, 9.17) is 0 Å². The van der Waals surface area contributed by atoms with Gasteiger partial charge in [0.25, 0.3) is 5.91 Å². The second-order valence-corrected chi connectivity index (χ2v) is 7.85. The first kappa shape index (κ1) is 18.8. The van der Waals surface area contributed by atoms with Crippen LogP contribution in [0.3, 0.4) is 0 Å². The maximum Gasteiger partial charge on any atom is 0.274 e. The lowest BCUT2D eigenvalue weighted by Crippen LogP contribution is -2.39. The maximum atomic E-state index is 12.7. The van der Waals surface area contributed by atoms with Crippen LogP contribution in [0.2, 0.25) is 0 Å². The number of aromatic nitrogens is 1. The van der Waals surface area contributed by atoms with Crippen molar-refractivity contribution >= 4 is 23.0 Å². The Labute approximate surface area is 167 Å². The van der Waals surface area contributed by atoms with E-state index in [9.17, 15) is 4.79 Å². The molecule has 2 saturated heterocycles. The number of hydrogen-bond donors (Lipinski definition) is 1. The van der Waals surface area contributed by atoms with Crippen LogP contribution in [0.4, 0.5) is 17.1 Å². The summed E-state index contributed by atoms with van der Waals surface area (Å²) in [5.41, 5.74) is 3.62. The fourth-order valence-corrected chi connectivity index (χ4v) is 4.41. The van der Waals surface area contributed by atoms with Crippen molar-refractivity contribution in [2.45, 2.75) is 51.5 Å². The van der Waals surface area contributed by atoms with Gasteiger partial charge in [-0.1, -0.05) is 6.92 Å². The molecule has 148 valence electrons. The number of nitrogens with zero attached hydrogens (tertiary/aromatic N) is 3. The predicted molar refractivity (Wildman–Crippen MR) is 115 cm³/mol. The van der Waals surface area contributed by atoms with Crippen LogP contribution in [0.25, 0.3) is 0 Å². The Morgan fingerprint density at radius 2 is 1.79 bits per heavy atom. The summed E-state index contributed by atoms with van der Waals surface area (Å²) in [6.45, 7) is 5.54. The van der Waals surface area contributed by atoms with Crippen molar-refractivity contribution in [1.82, 2.24) is 4.98 Å². The number of rotatable bonds is 5. The smallest absolute Gasteiger partial charge is 0.274 e. The first-order valence-electron chi connectivity index (χ1n) is 10.6. The number of hydrogen-bond acceptors (Lipinski definition) is 4. The van der Waals surface area contributed by atoms with Crippen molar-refractivity contribution in [1.29, 1.82) is 0 Å². The molecule has 0 bridgehead atoms. The van der Waals surface area contributed by atoms with E-state index >= 15 is 0 Å². The SMILES string of the molecule is CCC1CCCCN1c1ccnc(C(=O)Nc2ccc(N3CCCC3)cc2)c1. The summed E-state index contributed by atoms with van der Waals surface area (Å²) < 4.78 is 0. The lowest BCUT2D eigenvalue weighted by molar-refractivity contribution is 0.102. The predicted octanol–water partition coefficient (Wildman–Crippen LogP) is 4.70. The van der Waals surface area contributed by atoms with Gasteiger partial charge in [-0.3, -0.25) is 9.78 Å². The zero-order valence-electron chi connectivity index (χ0n) is 16.7. The fraction of sp³-hybridized carbons (Fsp3) is 0.478. The van der Waals surface area contributed by atoms with E-state index in [0.29, 0.717) is 11.7 Å². The Bertz CT molecular complexity index is 799. The molecule has 1 N–H and O–H groups in total. The third kappa shape index (κ3) is 4.13. The Kier molecular flexibility index (Phi) is 5.79. The number of anilines is 3. The molecule has 5 nitrogen and oxygen atoms in total. The van der Waals surface area contributed by atoms with Gasteiger partial charge >= 0.3 is 0 Å². The van der Waals surface area contributed by atoms with Gasteiger partial charge in [0.05, 0.1) is 0 Å². The van der Waals surface area contributed by atoms with Crippen molar-refractivity contribution in [2.24, 2.45) is 0 Å². The van der Waals surface area contributed by atoms with E-state index in [-0.39, 0.29) is 5.91 Å². The highest BCUT2D eigenvalue weighted by atomic mass is 16.1. The van der Waals surface area contributed by atoms with E-state index < -0.39 is 0 Å². The molecule has 5 heteroatoms. The second-order valence-electron chi connectivity index (χ2n) is 7.85. The number of carbonyl (C=O) groups excluding carboxylic acids is 1. The van der Waals surface area contributed by atoms with Gasteiger partial charge in [-0.25, -0.2) is 0 Å². The minimum absolute atomic E-state index is 0.152. The molecule has 1 aromatic heterocycles. The molecular formula is C23H30N4O. The van der Waals surface area contributed by atoms with Crippen molar-refractivity contribution in [3.05, 3.63) is 48.3 Å². The maximum absolute atomic E-state index is 12.7. The molecule has 4 rings (SSSR count). The molecular weight excluding hydrogens is 348 g/mol. The van der Waals surface area contributed by atoms with Crippen LogP contribution in [0.1, 0.15) is 55.9 Å². The summed E-state index contributed by atoms with van der Waals surface area (Å²) in [6, 6.07) is 12.7. The van der Waals surface area contributed by atoms with Gasteiger partial charge in [0, 0.05) is 48.9 Å². The molecule has 0 radical (unpaired) electrons. The molecule has 0 aliphatic carbocycles. The minimum Gasteiger partial charge on any atom is -0.372 e. The van der Waals surface area contributed by atoms with Gasteiger partial charge in [0.1, 0.15) is 5.69 Å². The van der Waals surface area contributed by atoms with E-state index in [1.165, 1.54) is 37.8 Å². The number of nitrogens with one attached hydrogen (secondary N) is 1. The average molecular weight is 379 g/mol. The van der Waals surface area contributed by atoms with E-state index in [1.807, 2.05) is 24.3 Å². The third-order valence-corrected chi connectivity index (χ3v) is 6.00. The fourth-order valence-electron chi connectivity index (χ4n) is 4.41. The first-order valence-corrected chi connectivity index (χ1v) is 10.6. The van der Waals surface area contributed by atoms with Crippen LogP contribution < -0.4 is 15.1 Å². The van der Waals surface area contributed by atoms with Crippen LogP contribution in [0.15, 0.2) is 42.6 Å². The molecule has 3 heterocycles. The van der Waals surface area contributed by atoms with Gasteiger partial charge in [0.15, 0.2) is 0 Å². The molecule has 28 heavy (non-hydrogen) atoms. The standard InChI is InChI=1S/C23H30N4O/c1-2-19-7-3-4-16-27(19)21-12-13-24-22(17-21)23(28)25-18-8-10-20(11-9-18)26-14-5-6-15-26/h8-13,17,19H,2-7,14-16H2,1H3,(H,25,28). The quantitative estimate of drug-likeness (QED) is 0.819. The van der Waals surface area contributed by atoms with Gasteiger partial charge in [-0.2, -0.15) is 0 Å². The zero-order valence-corrected chi connectivity index (χ0v) is 16.7. The highest BCUT2D eigenvalue weighted by molar-refractivity contribution is 6.03. The lowest BCUT2D eigenvalue weighted by Gasteiger charge is -2.37. The highest BCUT2D eigenvalue weighted by Crippen LogP contribution is 2.27. The minimum atomic E-state index is -0.152. The summed E-state index contributed by atoms with van der Waals surface area (Å²) in [4.78, 5) is 21.9. The topological polar surface area (TPSA) is 48.5 Å². The monoisotopic (exact) mass is 378 g/mol. The molecule has 1 amide bonds. The van der Waals surface area contributed by atoms with Crippen molar-refractivity contribution in [2.75, 3.05) is 34.8 Å². The van der Waals surface area contributed by atoms with Gasteiger partial charge in [0.2, 0.25) is 0 Å². The normalized spacial score (nSPS) is 19.7. The second kappa shape index (κ2) is 8.63. The van der Waals surface area contributed by atoms with E-state index in [1.54, 1.807) is 6.20 Å². The summed E-state index contributed by atoms with van der Waals surface area (Å²) in [6.07, 6.45) is 9.14.